The molecule has 1 amide bonds. The van der Waals surface area contributed by atoms with E-state index >= 15 is 0 Å². The van der Waals surface area contributed by atoms with Gasteiger partial charge in [-0.3, -0.25) is 9.69 Å². The van der Waals surface area contributed by atoms with Crippen molar-refractivity contribution in [2.24, 2.45) is 0 Å². The standard InChI is InChI=1S/C23H30N2O4/c1-4-29-19-9-7-17(8-10-19)22(25-11-5-6-12-25)16-24-23(26)18-13-20(27-2)15-21(14-18)28-3/h7-10,13-15,22H,4-6,11-12,16H2,1-3H3,(H,24,26). The summed E-state index contributed by atoms with van der Waals surface area (Å²) in [6.45, 7) is 5.24. The average molecular weight is 399 g/mol. The van der Waals surface area contributed by atoms with E-state index in [0.717, 1.165) is 18.8 Å². The number of amides is 1. The monoisotopic (exact) mass is 398 g/mol. The van der Waals surface area contributed by atoms with Gasteiger partial charge in [0.05, 0.1) is 26.9 Å². The van der Waals surface area contributed by atoms with Crippen LogP contribution in [0.5, 0.6) is 17.2 Å². The quantitative estimate of drug-likeness (QED) is 0.698. The lowest BCUT2D eigenvalue weighted by Crippen LogP contribution is -2.36. The summed E-state index contributed by atoms with van der Waals surface area (Å²) in [5.74, 6) is 1.91. The summed E-state index contributed by atoms with van der Waals surface area (Å²) in [4.78, 5) is 15.2. The van der Waals surface area contributed by atoms with E-state index in [1.807, 2.05) is 19.1 Å². The van der Waals surface area contributed by atoms with Crippen LogP contribution in [0.2, 0.25) is 0 Å². The van der Waals surface area contributed by atoms with Crippen LogP contribution in [0.1, 0.15) is 41.7 Å². The van der Waals surface area contributed by atoms with Crippen molar-refractivity contribution in [2.45, 2.75) is 25.8 Å². The van der Waals surface area contributed by atoms with Gasteiger partial charge < -0.3 is 19.5 Å². The van der Waals surface area contributed by atoms with Crippen LogP contribution in [0.4, 0.5) is 0 Å². The highest BCUT2D eigenvalue weighted by Crippen LogP contribution is 2.27. The molecule has 0 spiro atoms. The van der Waals surface area contributed by atoms with Gasteiger partial charge in [-0.1, -0.05) is 12.1 Å². The van der Waals surface area contributed by atoms with Gasteiger partial charge in [0.1, 0.15) is 17.2 Å². The Hall–Kier alpha value is -2.73. The Morgan fingerprint density at radius 2 is 1.62 bits per heavy atom. The Balaban J connectivity index is 1.74. The van der Waals surface area contributed by atoms with Crippen molar-refractivity contribution in [1.82, 2.24) is 10.2 Å². The first-order valence-corrected chi connectivity index (χ1v) is 10.1. The zero-order chi connectivity index (χ0) is 20.6. The number of likely N-dealkylation sites (tertiary alicyclic amines) is 1. The van der Waals surface area contributed by atoms with Crippen molar-refractivity contribution in [3.63, 3.8) is 0 Å². The maximum atomic E-state index is 12.8. The maximum Gasteiger partial charge on any atom is 0.251 e. The number of methoxy groups -OCH3 is 2. The van der Waals surface area contributed by atoms with Crippen LogP contribution in [-0.4, -0.2) is 51.3 Å². The van der Waals surface area contributed by atoms with Gasteiger partial charge in [0, 0.05) is 18.2 Å². The molecule has 0 saturated carbocycles. The fourth-order valence-electron chi connectivity index (χ4n) is 3.69. The van der Waals surface area contributed by atoms with Crippen LogP contribution in [0.15, 0.2) is 42.5 Å². The molecule has 1 saturated heterocycles. The number of nitrogens with zero attached hydrogens (tertiary/aromatic N) is 1. The SMILES string of the molecule is CCOc1ccc(C(CNC(=O)c2cc(OC)cc(OC)c2)N2CCCC2)cc1. The Labute approximate surface area is 172 Å². The molecule has 6 heteroatoms. The molecule has 0 aromatic heterocycles. The lowest BCUT2D eigenvalue weighted by molar-refractivity contribution is 0.0937. The molecule has 1 unspecified atom stereocenters. The van der Waals surface area contributed by atoms with Crippen LogP contribution < -0.4 is 19.5 Å². The summed E-state index contributed by atoms with van der Waals surface area (Å²) in [6.07, 6.45) is 2.38. The molecule has 1 N–H and O–H groups in total. The minimum absolute atomic E-state index is 0.129. The minimum atomic E-state index is -0.141. The molecular formula is C23H30N2O4. The van der Waals surface area contributed by atoms with Crippen LogP contribution in [-0.2, 0) is 0 Å². The smallest absolute Gasteiger partial charge is 0.251 e. The first-order valence-electron chi connectivity index (χ1n) is 10.1. The maximum absolute atomic E-state index is 12.8. The zero-order valence-corrected chi connectivity index (χ0v) is 17.4. The number of ether oxygens (including phenoxy) is 3. The second-order valence-corrected chi connectivity index (χ2v) is 7.07. The summed E-state index contributed by atoms with van der Waals surface area (Å²) in [6, 6.07) is 13.5. The van der Waals surface area contributed by atoms with Gasteiger partial charge >= 0.3 is 0 Å². The van der Waals surface area contributed by atoms with Crippen molar-refractivity contribution >= 4 is 5.91 Å². The third-order valence-corrected chi connectivity index (χ3v) is 5.23. The molecule has 0 radical (unpaired) electrons. The highest BCUT2D eigenvalue weighted by atomic mass is 16.5. The number of benzene rings is 2. The highest BCUT2D eigenvalue weighted by Gasteiger charge is 2.24. The normalized spacial score (nSPS) is 15.0. The topological polar surface area (TPSA) is 60.0 Å². The summed E-state index contributed by atoms with van der Waals surface area (Å²) in [5.41, 5.74) is 1.70. The predicted octanol–water partition coefficient (Wildman–Crippen LogP) is 3.67. The van der Waals surface area contributed by atoms with Gasteiger partial charge in [-0.05, 0) is 62.7 Å². The fourth-order valence-corrected chi connectivity index (χ4v) is 3.69. The van der Waals surface area contributed by atoms with Crippen molar-refractivity contribution in [3.05, 3.63) is 53.6 Å². The number of nitrogens with one attached hydrogen (secondary N) is 1. The third-order valence-electron chi connectivity index (χ3n) is 5.23. The van der Waals surface area contributed by atoms with Crippen molar-refractivity contribution < 1.29 is 19.0 Å². The van der Waals surface area contributed by atoms with Gasteiger partial charge in [-0.15, -0.1) is 0 Å². The summed E-state index contributed by atoms with van der Waals surface area (Å²) in [7, 11) is 3.15. The Bertz CT molecular complexity index is 779. The molecule has 1 atom stereocenters. The van der Waals surface area contributed by atoms with E-state index in [4.69, 9.17) is 14.2 Å². The summed E-state index contributed by atoms with van der Waals surface area (Å²) >= 11 is 0. The largest absolute Gasteiger partial charge is 0.497 e. The van der Waals surface area contributed by atoms with Gasteiger partial charge in [0.15, 0.2) is 0 Å². The Kier molecular flexibility index (Phi) is 7.36. The molecule has 1 aliphatic rings. The number of hydrogen-bond acceptors (Lipinski definition) is 5. The van der Waals surface area contributed by atoms with Gasteiger partial charge in [0.25, 0.3) is 5.91 Å². The molecule has 156 valence electrons. The van der Waals surface area contributed by atoms with Gasteiger partial charge in [-0.2, -0.15) is 0 Å². The van der Waals surface area contributed by atoms with Crippen LogP contribution in [0, 0.1) is 0 Å². The number of carbonyl (C=O) groups is 1. The first-order chi connectivity index (χ1) is 14.1. The molecule has 1 heterocycles. The van der Waals surface area contributed by atoms with E-state index < -0.39 is 0 Å². The summed E-state index contributed by atoms with van der Waals surface area (Å²) in [5, 5.41) is 3.09. The van der Waals surface area contributed by atoms with Crippen LogP contribution in [0.3, 0.4) is 0 Å². The molecule has 2 aromatic carbocycles. The van der Waals surface area contributed by atoms with E-state index in [1.165, 1.54) is 18.4 Å². The molecule has 0 aliphatic carbocycles. The van der Waals surface area contributed by atoms with Gasteiger partial charge in [-0.25, -0.2) is 0 Å². The molecule has 3 rings (SSSR count). The van der Waals surface area contributed by atoms with E-state index in [1.54, 1.807) is 32.4 Å². The van der Waals surface area contributed by atoms with Crippen molar-refractivity contribution in [1.29, 1.82) is 0 Å². The lowest BCUT2D eigenvalue weighted by atomic mass is 10.0. The number of hydrogen-bond donors (Lipinski definition) is 1. The molecule has 0 bridgehead atoms. The average Bonchev–Trinajstić information content (AvgIpc) is 3.29. The third kappa shape index (κ3) is 5.41. The first kappa shape index (κ1) is 21.0. The molecule has 6 nitrogen and oxygen atoms in total. The second kappa shape index (κ2) is 10.2. The number of carbonyl (C=O) groups excluding carboxylic acids is 1. The summed E-state index contributed by atoms with van der Waals surface area (Å²) < 4.78 is 16.1. The molecule has 2 aromatic rings. The van der Waals surface area contributed by atoms with Crippen molar-refractivity contribution in [3.8, 4) is 17.2 Å². The van der Waals surface area contributed by atoms with Crippen molar-refractivity contribution in [2.75, 3.05) is 40.5 Å². The van der Waals surface area contributed by atoms with E-state index in [-0.39, 0.29) is 11.9 Å². The Morgan fingerprint density at radius 3 is 2.17 bits per heavy atom. The van der Waals surface area contributed by atoms with E-state index in [9.17, 15) is 4.79 Å². The molecule has 1 aliphatic heterocycles. The second-order valence-electron chi connectivity index (χ2n) is 7.07. The van der Waals surface area contributed by atoms with Gasteiger partial charge in [0.2, 0.25) is 0 Å². The Morgan fingerprint density at radius 1 is 1.00 bits per heavy atom. The van der Waals surface area contributed by atoms with Crippen LogP contribution in [0.25, 0.3) is 0 Å². The van der Waals surface area contributed by atoms with E-state index in [2.05, 4.69) is 22.3 Å². The predicted molar refractivity (Wildman–Crippen MR) is 113 cm³/mol. The molecule has 1 fully saturated rings. The number of rotatable bonds is 9. The molecule has 29 heavy (non-hydrogen) atoms. The lowest BCUT2D eigenvalue weighted by Gasteiger charge is -2.28. The van der Waals surface area contributed by atoms with E-state index in [0.29, 0.717) is 30.2 Å². The fraction of sp³-hybridized carbons (Fsp3) is 0.435. The zero-order valence-electron chi connectivity index (χ0n) is 17.4. The minimum Gasteiger partial charge on any atom is -0.497 e. The van der Waals surface area contributed by atoms with Crippen LogP contribution >= 0.6 is 0 Å². The molecular weight excluding hydrogens is 368 g/mol. The highest BCUT2D eigenvalue weighted by molar-refractivity contribution is 5.95.